The molecule has 1 aromatic rings. The van der Waals surface area contributed by atoms with Crippen molar-refractivity contribution >= 4 is 0 Å². The molecule has 0 saturated carbocycles. The molecule has 1 aromatic carbocycles. The largest absolute Gasteiger partial charge is 0.504 e. The average molecular weight is 219 g/mol. The van der Waals surface area contributed by atoms with Crippen molar-refractivity contribution in [1.82, 2.24) is 0 Å². The van der Waals surface area contributed by atoms with Crippen molar-refractivity contribution in [3.8, 4) is 17.2 Å². The molecule has 15 heavy (non-hydrogen) atoms. The smallest absolute Gasteiger partial charge is 0.253 e. The second-order valence-corrected chi connectivity index (χ2v) is 3.14. The summed E-state index contributed by atoms with van der Waals surface area (Å²) in [5, 5.41) is 27.4. The molecule has 0 aliphatic rings. The van der Waals surface area contributed by atoms with E-state index >= 15 is 0 Å². The fraction of sp³-hybridized carbons (Fsp3) is 0.333. The monoisotopic (exact) mass is 219 g/mol. The maximum atomic E-state index is 12.1. The Bertz CT molecular complexity index is 357. The Kier molecular flexibility index (Phi) is 3.31. The molecule has 0 aromatic heterocycles. The number of rotatable bonds is 3. The minimum atomic E-state index is -2.71. The van der Waals surface area contributed by atoms with Gasteiger partial charge >= 0.3 is 0 Å². The van der Waals surface area contributed by atoms with Crippen LogP contribution in [0.1, 0.15) is 5.56 Å². The highest BCUT2D eigenvalue weighted by Crippen LogP contribution is 2.37. The van der Waals surface area contributed by atoms with Gasteiger partial charge in [0, 0.05) is 0 Å². The minimum Gasteiger partial charge on any atom is -0.504 e. The van der Waals surface area contributed by atoms with Crippen LogP contribution in [0.5, 0.6) is 17.2 Å². The SMILES string of the molecule is NC(Cc1ccc(O)c(O)c1O)C(F)F. The predicted octanol–water partition coefficient (Wildman–Crippen LogP) is 0.938. The number of hydrogen-bond acceptors (Lipinski definition) is 4. The first kappa shape index (κ1) is 11.5. The van der Waals surface area contributed by atoms with Crippen LogP contribution in [-0.4, -0.2) is 27.8 Å². The van der Waals surface area contributed by atoms with E-state index in [1.54, 1.807) is 0 Å². The molecule has 4 nitrogen and oxygen atoms in total. The number of benzene rings is 1. The van der Waals surface area contributed by atoms with Crippen molar-refractivity contribution < 1.29 is 24.1 Å². The average Bonchev–Trinajstić information content (AvgIpc) is 2.18. The van der Waals surface area contributed by atoms with E-state index in [0.29, 0.717) is 0 Å². The minimum absolute atomic E-state index is 0.0677. The Hall–Kier alpha value is -1.56. The molecule has 0 amide bonds. The topological polar surface area (TPSA) is 86.7 Å². The van der Waals surface area contributed by atoms with Gasteiger partial charge in [-0.05, 0) is 18.1 Å². The summed E-state index contributed by atoms with van der Waals surface area (Å²) in [5.41, 5.74) is 5.17. The van der Waals surface area contributed by atoms with E-state index in [9.17, 15) is 13.9 Å². The number of phenols is 3. The third kappa shape index (κ3) is 2.47. The third-order valence-corrected chi connectivity index (χ3v) is 1.99. The summed E-state index contributed by atoms with van der Waals surface area (Å²) in [5.74, 6) is -1.86. The predicted molar refractivity (Wildman–Crippen MR) is 49.1 cm³/mol. The van der Waals surface area contributed by atoms with Gasteiger partial charge in [0.2, 0.25) is 5.75 Å². The molecule has 0 bridgehead atoms. The first-order valence-electron chi connectivity index (χ1n) is 4.20. The second kappa shape index (κ2) is 4.31. The van der Waals surface area contributed by atoms with Crippen molar-refractivity contribution in [3.05, 3.63) is 17.7 Å². The molecule has 84 valence electrons. The normalized spacial score (nSPS) is 13.1. The Morgan fingerprint density at radius 2 is 1.73 bits per heavy atom. The van der Waals surface area contributed by atoms with Gasteiger partial charge < -0.3 is 21.1 Å². The maximum absolute atomic E-state index is 12.1. The summed E-state index contributed by atoms with van der Waals surface area (Å²) in [6.07, 6.45) is -2.99. The van der Waals surface area contributed by atoms with Crippen LogP contribution in [0.2, 0.25) is 0 Å². The number of nitrogens with two attached hydrogens (primary N) is 1. The fourth-order valence-corrected chi connectivity index (χ4v) is 1.12. The van der Waals surface area contributed by atoms with E-state index in [1.165, 1.54) is 6.07 Å². The molecule has 6 heteroatoms. The highest BCUT2D eigenvalue weighted by atomic mass is 19.3. The van der Waals surface area contributed by atoms with E-state index in [-0.39, 0.29) is 12.0 Å². The van der Waals surface area contributed by atoms with Crippen molar-refractivity contribution in [2.24, 2.45) is 5.73 Å². The van der Waals surface area contributed by atoms with E-state index in [0.717, 1.165) is 6.07 Å². The Labute approximate surface area is 84.6 Å². The molecule has 0 aliphatic carbocycles. The van der Waals surface area contributed by atoms with E-state index in [2.05, 4.69) is 0 Å². The lowest BCUT2D eigenvalue weighted by molar-refractivity contribution is 0.115. The molecule has 1 atom stereocenters. The van der Waals surface area contributed by atoms with Crippen LogP contribution in [0.25, 0.3) is 0 Å². The van der Waals surface area contributed by atoms with Crippen LogP contribution in [-0.2, 0) is 6.42 Å². The lowest BCUT2D eigenvalue weighted by atomic mass is 10.0. The number of halogens is 2. The highest BCUT2D eigenvalue weighted by molar-refractivity contribution is 5.53. The number of hydrogen-bond donors (Lipinski definition) is 4. The molecule has 0 spiro atoms. The summed E-state index contributed by atoms with van der Waals surface area (Å²) in [4.78, 5) is 0. The fourth-order valence-electron chi connectivity index (χ4n) is 1.12. The van der Waals surface area contributed by atoms with Gasteiger partial charge in [-0.2, -0.15) is 0 Å². The highest BCUT2D eigenvalue weighted by Gasteiger charge is 2.19. The molecule has 0 radical (unpaired) electrons. The molecule has 0 saturated heterocycles. The molecule has 0 heterocycles. The summed E-state index contributed by atoms with van der Waals surface area (Å²) >= 11 is 0. The van der Waals surface area contributed by atoms with E-state index < -0.39 is 29.7 Å². The maximum Gasteiger partial charge on any atom is 0.253 e. The molecule has 5 N–H and O–H groups in total. The van der Waals surface area contributed by atoms with Crippen molar-refractivity contribution in [2.75, 3.05) is 0 Å². The van der Waals surface area contributed by atoms with Crippen molar-refractivity contribution in [1.29, 1.82) is 0 Å². The van der Waals surface area contributed by atoms with E-state index in [1.807, 2.05) is 0 Å². The molecule has 0 fully saturated rings. The van der Waals surface area contributed by atoms with Crippen LogP contribution < -0.4 is 5.73 Å². The Morgan fingerprint density at radius 1 is 1.13 bits per heavy atom. The lowest BCUT2D eigenvalue weighted by Gasteiger charge is -2.12. The van der Waals surface area contributed by atoms with Gasteiger partial charge in [-0.25, -0.2) is 8.78 Å². The number of phenolic OH excluding ortho intramolecular Hbond substituents is 3. The second-order valence-electron chi connectivity index (χ2n) is 3.14. The number of alkyl halides is 2. The van der Waals surface area contributed by atoms with Crippen LogP contribution in [0, 0.1) is 0 Å². The van der Waals surface area contributed by atoms with Gasteiger partial charge in [0.25, 0.3) is 6.43 Å². The molecular weight excluding hydrogens is 208 g/mol. The van der Waals surface area contributed by atoms with Crippen molar-refractivity contribution in [3.63, 3.8) is 0 Å². The summed E-state index contributed by atoms with van der Waals surface area (Å²) in [6, 6.07) is 0.912. The van der Waals surface area contributed by atoms with Crippen molar-refractivity contribution in [2.45, 2.75) is 18.9 Å². The van der Waals surface area contributed by atoms with Crippen LogP contribution in [0.15, 0.2) is 12.1 Å². The van der Waals surface area contributed by atoms with Crippen LogP contribution in [0.3, 0.4) is 0 Å². The zero-order chi connectivity index (χ0) is 11.6. The van der Waals surface area contributed by atoms with Crippen LogP contribution in [0.4, 0.5) is 8.78 Å². The Morgan fingerprint density at radius 3 is 2.27 bits per heavy atom. The molecular formula is C9H11F2NO3. The van der Waals surface area contributed by atoms with Gasteiger partial charge in [-0.3, -0.25) is 0 Å². The zero-order valence-electron chi connectivity index (χ0n) is 7.69. The van der Waals surface area contributed by atoms with E-state index in [4.69, 9.17) is 15.9 Å². The quantitative estimate of drug-likeness (QED) is 0.570. The summed E-state index contributed by atoms with van der Waals surface area (Å²) in [7, 11) is 0. The molecule has 1 unspecified atom stereocenters. The molecule has 1 rings (SSSR count). The molecule has 0 aliphatic heterocycles. The van der Waals surface area contributed by atoms with Gasteiger partial charge in [-0.1, -0.05) is 6.07 Å². The third-order valence-electron chi connectivity index (χ3n) is 1.99. The lowest BCUT2D eigenvalue weighted by Crippen LogP contribution is -2.30. The van der Waals surface area contributed by atoms with Crippen LogP contribution >= 0.6 is 0 Å². The van der Waals surface area contributed by atoms with Gasteiger partial charge in [0.05, 0.1) is 6.04 Å². The summed E-state index contributed by atoms with van der Waals surface area (Å²) in [6.45, 7) is 0. The van der Waals surface area contributed by atoms with Gasteiger partial charge in [0.1, 0.15) is 0 Å². The zero-order valence-corrected chi connectivity index (χ0v) is 7.69. The number of aromatic hydroxyl groups is 3. The van der Waals surface area contributed by atoms with Gasteiger partial charge in [0.15, 0.2) is 11.5 Å². The Balaban J connectivity index is 2.92. The standard InChI is InChI=1S/C9H11F2NO3/c10-9(11)5(12)3-4-1-2-6(13)8(15)7(4)14/h1-2,5,9,13-15H,3,12H2. The first-order valence-corrected chi connectivity index (χ1v) is 4.20. The summed E-state index contributed by atoms with van der Waals surface area (Å²) < 4.78 is 24.2. The van der Waals surface area contributed by atoms with Gasteiger partial charge in [-0.15, -0.1) is 0 Å². The first-order chi connectivity index (χ1) is 6.93.